The molecule has 5 rings (SSSR count). The molecule has 8 heteroatoms. The Bertz CT molecular complexity index is 1470. The van der Waals surface area contributed by atoms with E-state index in [-0.39, 0.29) is 30.6 Å². The van der Waals surface area contributed by atoms with E-state index in [1.54, 1.807) is 30.7 Å². The summed E-state index contributed by atoms with van der Waals surface area (Å²) in [6.07, 6.45) is 1.75. The Kier molecular flexibility index (Phi) is 5.60. The van der Waals surface area contributed by atoms with Crippen LogP contribution in [0.5, 0.6) is 5.75 Å². The molecule has 1 N–H and O–H groups in total. The zero-order chi connectivity index (χ0) is 22.9. The normalized spacial score (nSPS) is 14.9. The zero-order valence-corrected chi connectivity index (χ0v) is 18.9. The number of ether oxygens (including phenoxy) is 1. The average Bonchev–Trinajstić information content (AvgIpc) is 3.48. The number of fused-ring (bicyclic) bond motifs is 2. The molecular formula is C25H23N3O4S. The third kappa shape index (κ3) is 3.98. The van der Waals surface area contributed by atoms with Gasteiger partial charge in [-0.25, -0.2) is 4.79 Å². The number of amides is 1. The Hall–Kier alpha value is -3.65. The lowest BCUT2D eigenvalue weighted by Crippen LogP contribution is -2.42. The number of aryl methyl sites for hydroxylation is 1. The predicted octanol–water partition coefficient (Wildman–Crippen LogP) is 3.09. The highest BCUT2D eigenvalue weighted by Crippen LogP contribution is 2.30. The van der Waals surface area contributed by atoms with Crippen LogP contribution in [0, 0.1) is 0 Å². The van der Waals surface area contributed by atoms with Crippen molar-refractivity contribution in [3.8, 4) is 5.75 Å². The van der Waals surface area contributed by atoms with Crippen LogP contribution in [0.4, 0.5) is 0 Å². The molecule has 0 fully saturated rings. The molecule has 168 valence electrons. The van der Waals surface area contributed by atoms with Gasteiger partial charge < -0.3 is 10.1 Å². The fourth-order valence-electron chi connectivity index (χ4n) is 4.47. The summed E-state index contributed by atoms with van der Waals surface area (Å²) in [5, 5.41) is 4.83. The summed E-state index contributed by atoms with van der Waals surface area (Å²) in [5.74, 6) is 0.396. The number of rotatable bonds is 6. The van der Waals surface area contributed by atoms with Gasteiger partial charge in [0.05, 0.1) is 25.2 Å². The molecule has 1 aliphatic rings. The lowest BCUT2D eigenvalue weighted by molar-refractivity contribution is -0.122. The molecule has 2 heterocycles. The van der Waals surface area contributed by atoms with Crippen LogP contribution in [0.15, 0.2) is 69.6 Å². The number of nitrogens with zero attached hydrogens (tertiary/aromatic N) is 2. The maximum atomic E-state index is 13.4. The van der Waals surface area contributed by atoms with Gasteiger partial charge in [0.2, 0.25) is 5.91 Å². The molecule has 0 radical (unpaired) electrons. The van der Waals surface area contributed by atoms with Gasteiger partial charge in [0.1, 0.15) is 17.0 Å². The first kappa shape index (κ1) is 21.2. The van der Waals surface area contributed by atoms with Gasteiger partial charge in [0, 0.05) is 0 Å². The van der Waals surface area contributed by atoms with Crippen molar-refractivity contribution in [1.29, 1.82) is 0 Å². The van der Waals surface area contributed by atoms with Crippen LogP contribution in [-0.4, -0.2) is 22.2 Å². The molecule has 1 atom stereocenters. The quantitative estimate of drug-likeness (QED) is 0.478. The summed E-state index contributed by atoms with van der Waals surface area (Å²) in [6, 6.07) is 17.0. The minimum Gasteiger partial charge on any atom is -0.497 e. The lowest BCUT2D eigenvalue weighted by Gasteiger charge is -2.16. The van der Waals surface area contributed by atoms with Gasteiger partial charge in [0.15, 0.2) is 0 Å². The van der Waals surface area contributed by atoms with Gasteiger partial charge in [-0.3, -0.25) is 18.7 Å². The van der Waals surface area contributed by atoms with Crippen molar-refractivity contribution in [3.63, 3.8) is 0 Å². The fourth-order valence-corrected chi connectivity index (χ4v) is 5.31. The Morgan fingerprint density at radius 2 is 1.97 bits per heavy atom. The molecule has 4 aromatic rings. The first-order chi connectivity index (χ1) is 16.0. The second kappa shape index (κ2) is 8.71. The third-order valence-corrected chi connectivity index (χ3v) is 6.97. The molecule has 1 aliphatic carbocycles. The predicted molar refractivity (Wildman–Crippen MR) is 128 cm³/mol. The SMILES string of the molecule is COc1cccc(Cn2c(=O)c3sccc3n(CC(=O)N[C@@H]3CCc4ccccc43)c2=O)c1. The summed E-state index contributed by atoms with van der Waals surface area (Å²) in [4.78, 5) is 39.4. The summed E-state index contributed by atoms with van der Waals surface area (Å²) in [5.41, 5.74) is 2.76. The molecule has 2 aromatic carbocycles. The van der Waals surface area contributed by atoms with E-state index in [0.717, 1.165) is 24.0 Å². The van der Waals surface area contributed by atoms with E-state index < -0.39 is 5.69 Å². The number of thiophene rings is 1. The molecule has 0 saturated carbocycles. The van der Waals surface area contributed by atoms with Crippen LogP contribution in [0.25, 0.3) is 10.2 Å². The van der Waals surface area contributed by atoms with E-state index in [1.165, 1.54) is 26.0 Å². The molecule has 2 aromatic heterocycles. The van der Waals surface area contributed by atoms with Crippen molar-refractivity contribution in [1.82, 2.24) is 14.5 Å². The minimum atomic E-state index is -0.504. The van der Waals surface area contributed by atoms with Gasteiger partial charge in [-0.05, 0) is 53.1 Å². The molecule has 0 aliphatic heterocycles. The second-order valence-corrected chi connectivity index (χ2v) is 9.02. The van der Waals surface area contributed by atoms with Crippen molar-refractivity contribution in [2.45, 2.75) is 32.0 Å². The van der Waals surface area contributed by atoms with E-state index >= 15 is 0 Å². The lowest BCUT2D eigenvalue weighted by atomic mass is 10.1. The number of methoxy groups -OCH3 is 1. The molecule has 0 bridgehead atoms. The number of aromatic nitrogens is 2. The number of carbonyl (C=O) groups is 1. The van der Waals surface area contributed by atoms with Crippen LogP contribution < -0.4 is 21.3 Å². The Labute approximate surface area is 193 Å². The highest BCUT2D eigenvalue weighted by Gasteiger charge is 2.24. The van der Waals surface area contributed by atoms with Crippen molar-refractivity contribution in [2.75, 3.05) is 7.11 Å². The van der Waals surface area contributed by atoms with E-state index in [2.05, 4.69) is 11.4 Å². The second-order valence-electron chi connectivity index (χ2n) is 8.10. The van der Waals surface area contributed by atoms with Crippen LogP contribution >= 0.6 is 11.3 Å². The van der Waals surface area contributed by atoms with Crippen LogP contribution in [0.2, 0.25) is 0 Å². The van der Waals surface area contributed by atoms with E-state index in [4.69, 9.17) is 4.74 Å². The summed E-state index contributed by atoms with van der Waals surface area (Å²) in [6.45, 7) is -0.0521. The van der Waals surface area contributed by atoms with Gasteiger partial charge in [0.25, 0.3) is 5.56 Å². The smallest absolute Gasteiger partial charge is 0.332 e. The van der Waals surface area contributed by atoms with Crippen molar-refractivity contribution >= 4 is 27.5 Å². The van der Waals surface area contributed by atoms with Gasteiger partial charge in [-0.1, -0.05) is 36.4 Å². The van der Waals surface area contributed by atoms with Gasteiger partial charge >= 0.3 is 5.69 Å². The van der Waals surface area contributed by atoms with Crippen LogP contribution in [-0.2, 0) is 24.3 Å². The standard InChI is InChI=1S/C25H23N3O4S/c1-32-18-7-4-5-16(13-18)14-28-24(30)23-21(11-12-33-23)27(25(28)31)15-22(29)26-20-10-9-17-6-2-3-8-19(17)20/h2-8,11-13,20H,9-10,14-15H2,1H3,(H,26,29)/t20-/m1/s1. The van der Waals surface area contributed by atoms with Crippen LogP contribution in [0.1, 0.15) is 29.2 Å². The van der Waals surface area contributed by atoms with Crippen molar-refractivity contribution < 1.29 is 9.53 Å². The number of carbonyl (C=O) groups excluding carboxylic acids is 1. The average molecular weight is 462 g/mol. The molecular weight excluding hydrogens is 438 g/mol. The topological polar surface area (TPSA) is 82.3 Å². The maximum absolute atomic E-state index is 13.4. The van der Waals surface area contributed by atoms with E-state index in [1.807, 2.05) is 30.3 Å². The van der Waals surface area contributed by atoms with Gasteiger partial charge in [-0.15, -0.1) is 11.3 Å². The van der Waals surface area contributed by atoms with Crippen molar-refractivity contribution in [2.24, 2.45) is 0 Å². The van der Waals surface area contributed by atoms with E-state index in [9.17, 15) is 14.4 Å². The van der Waals surface area contributed by atoms with E-state index in [0.29, 0.717) is 16.0 Å². The van der Waals surface area contributed by atoms with Crippen molar-refractivity contribution in [3.05, 3.63) is 97.5 Å². The van der Waals surface area contributed by atoms with Gasteiger partial charge in [-0.2, -0.15) is 0 Å². The number of hydrogen-bond donors (Lipinski definition) is 1. The molecule has 1 amide bonds. The number of benzene rings is 2. The highest BCUT2D eigenvalue weighted by atomic mass is 32.1. The fraction of sp³-hybridized carbons (Fsp3) is 0.240. The summed E-state index contributed by atoms with van der Waals surface area (Å²) < 4.78 is 8.29. The first-order valence-corrected chi connectivity index (χ1v) is 11.6. The number of nitrogens with one attached hydrogen (secondary N) is 1. The Morgan fingerprint density at radius 1 is 1.12 bits per heavy atom. The molecule has 33 heavy (non-hydrogen) atoms. The monoisotopic (exact) mass is 461 g/mol. The zero-order valence-electron chi connectivity index (χ0n) is 18.1. The largest absolute Gasteiger partial charge is 0.497 e. The summed E-state index contributed by atoms with van der Waals surface area (Å²) in [7, 11) is 1.57. The number of hydrogen-bond acceptors (Lipinski definition) is 5. The molecule has 0 unspecified atom stereocenters. The molecule has 0 saturated heterocycles. The Morgan fingerprint density at radius 3 is 2.82 bits per heavy atom. The highest BCUT2D eigenvalue weighted by molar-refractivity contribution is 7.17. The first-order valence-electron chi connectivity index (χ1n) is 10.8. The minimum absolute atomic E-state index is 0.0648. The molecule has 0 spiro atoms. The Balaban J connectivity index is 1.47. The third-order valence-electron chi connectivity index (χ3n) is 6.08. The summed E-state index contributed by atoms with van der Waals surface area (Å²) >= 11 is 1.27. The van der Waals surface area contributed by atoms with Crippen LogP contribution in [0.3, 0.4) is 0 Å². The molecule has 7 nitrogen and oxygen atoms in total. The maximum Gasteiger partial charge on any atom is 0.332 e.